The molecule has 0 aromatic heterocycles. The van der Waals surface area contributed by atoms with Crippen molar-refractivity contribution in [3.63, 3.8) is 0 Å². The third kappa shape index (κ3) is 3.99. The molecule has 0 aliphatic heterocycles. The molecule has 1 N–H and O–H groups in total. The van der Waals surface area contributed by atoms with Gasteiger partial charge in [-0.15, -0.1) is 0 Å². The van der Waals surface area contributed by atoms with Crippen LogP contribution in [0.5, 0.6) is 11.5 Å². The number of halogens is 1. The largest absolute Gasteiger partial charge is 0.496 e. The van der Waals surface area contributed by atoms with E-state index in [4.69, 9.17) is 9.47 Å². The minimum absolute atomic E-state index is 0.674. The molecule has 0 fully saturated rings. The summed E-state index contributed by atoms with van der Waals surface area (Å²) in [5, 5.41) is 10.4. The first-order valence-corrected chi connectivity index (χ1v) is 7.69. The van der Waals surface area contributed by atoms with Gasteiger partial charge in [0.25, 0.3) is 0 Å². The van der Waals surface area contributed by atoms with Crippen molar-refractivity contribution in [1.29, 1.82) is 0 Å². The van der Waals surface area contributed by atoms with E-state index in [1.807, 2.05) is 42.5 Å². The van der Waals surface area contributed by atoms with Crippen LogP contribution in [0.2, 0.25) is 0 Å². The molecule has 0 spiro atoms. The highest BCUT2D eigenvalue weighted by Crippen LogP contribution is 2.31. The fourth-order valence-electron chi connectivity index (χ4n) is 2.01. The predicted molar refractivity (Wildman–Crippen MR) is 87.0 cm³/mol. The average molecular weight is 351 g/mol. The Kier molecular flexibility index (Phi) is 5.65. The zero-order chi connectivity index (χ0) is 15.2. The molecule has 2 aromatic rings. The Hall–Kier alpha value is -1.52. The maximum absolute atomic E-state index is 10.4. The summed E-state index contributed by atoms with van der Waals surface area (Å²) in [4.78, 5) is 0. The number of hydrogen-bond acceptors (Lipinski definition) is 3. The second kappa shape index (κ2) is 7.48. The quantitative estimate of drug-likeness (QED) is 0.842. The van der Waals surface area contributed by atoms with Crippen molar-refractivity contribution < 1.29 is 14.6 Å². The Morgan fingerprint density at radius 1 is 1.10 bits per heavy atom. The second-order valence-corrected chi connectivity index (χ2v) is 5.57. The molecule has 0 bridgehead atoms. The molecule has 21 heavy (non-hydrogen) atoms. The van der Waals surface area contributed by atoms with Crippen LogP contribution >= 0.6 is 15.9 Å². The molecule has 0 saturated heterocycles. The van der Waals surface area contributed by atoms with E-state index >= 15 is 0 Å². The third-order valence-electron chi connectivity index (χ3n) is 3.16. The van der Waals surface area contributed by atoms with Crippen LogP contribution in [-0.4, -0.2) is 18.8 Å². The highest BCUT2D eigenvalue weighted by molar-refractivity contribution is 9.10. The summed E-state index contributed by atoms with van der Waals surface area (Å²) in [6.07, 6.45) is 0.303. The highest BCUT2D eigenvalue weighted by atomic mass is 79.9. The van der Waals surface area contributed by atoms with Crippen LogP contribution in [0.1, 0.15) is 30.6 Å². The van der Waals surface area contributed by atoms with E-state index in [9.17, 15) is 5.11 Å². The van der Waals surface area contributed by atoms with Crippen molar-refractivity contribution in [1.82, 2.24) is 0 Å². The van der Waals surface area contributed by atoms with Gasteiger partial charge in [-0.1, -0.05) is 25.1 Å². The maximum atomic E-state index is 10.4. The lowest BCUT2D eigenvalue weighted by molar-refractivity contribution is 0.220. The molecule has 4 heteroatoms. The van der Waals surface area contributed by atoms with Crippen molar-refractivity contribution in [3.8, 4) is 11.5 Å². The Bertz CT molecular complexity index is 581. The fourth-order valence-corrected chi connectivity index (χ4v) is 2.57. The molecule has 2 aromatic carbocycles. The summed E-state index contributed by atoms with van der Waals surface area (Å²) in [6.45, 7) is 2.77. The van der Waals surface area contributed by atoms with Gasteiger partial charge in [0, 0.05) is 0 Å². The molecule has 3 nitrogen and oxygen atoms in total. The second-order valence-electron chi connectivity index (χ2n) is 4.71. The van der Waals surface area contributed by atoms with Crippen LogP contribution < -0.4 is 9.47 Å². The Balaban J connectivity index is 2.15. The van der Waals surface area contributed by atoms with E-state index in [0.717, 1.165) is 33.5 Å². The number of methoxy groups -OCH3 is 1. The molecular formula is C17H19BrO3. The summed E-state index contributed by atoms with van der Waals surface area (Å²) in [7, 11) is 1.62. The molecule has 0 aliphatic carbocycles. The highest BCUT2D eigenvalue weighted by Gasteiger charge is 2.12. The molecule has 0 radical (unpaired) electrons. The molecule has 0 amide bonds. The van der Waals surface area contributed by atoms with E-state index in [1.54, 1.807) is 7.11 Å². The first kappa shape index (κ1) is 15.9. The summed E-state index contributed by atoms with van der Waals surface area (Å²) in [5.41, 5.74) is 1.64. The summed E-state index contributed by atoms with van der Waals surface area (Å²) >= 11 is 3.43. The van der Waals surface area contributed by atoms with Crippen molar-refractivity contribution in [2.45, 2.75) is 19.4 Å². The van der Waals surface area contributed by atoms with E-state index in [2.05, 4.69) is 22.9 Å². The number of aliphatic hydroxyl groups is 1. The van der Waals surface area contributed by atoms with Gasteiger partial charge in [-0.2, -0.15) is 0 Å². The first-order valence-electron chi connectivity index (χ1n) is 6.90. The van der Waals surface area contributed by atoms with Crippen molar-refractivity contribution >= 4 is 15.9 Å². The normalized spacial score (nSPS) is 12.0. The Morgan fingerprint density at radius 2 is 1.76 bits per heavy atom. The number of ether oxygens (including phenoxy) is 2. The van der Waals surface area contributed by atoms with E-state index in [1.165, 1.54) is 0 Å². The van der Waals surface area contributed by atoms with Gasteiger partial charge in [0.15, 0.2) is 0 Å². The number of rotatable bonds is 6. The van der Waals surface area contributed by atoms with E-state index in [0.29, 0.717) is 6.61 Å². The number of benzene rings is 2. The van der Waals surface area contributed by atoms with Gasteiger partial charge in [0.2, 0.25) is 0 Å². The van der Waals surface area contributed by atoms with E-state index in [-0.39, 0.29) is 0 Å². The van der Waals surface area contributed by atoms with Crippen LogP contribution in [-0.2, 0) is 0 Å². The predicted octanol–water partition coefficient (Wildman–Crippen LogP) is 4.33. The lowest BCUT2D eigenvalue weighted by atomic mass is 10.0. The fraction of sp³-hybridized carbons (Fsp3) is 0.294. The monoisotopic (exact) mass is 350 g/mol. The van der Waals surface area contributed by atoms with Crippen molar-refractivity contribution in [2.75, 3.05) is 13.7 Å². The van der Waals surface area contributed by atoms with Crippen LogP contribution in [0.15, 0.2) is 46.9 Å². The molecule has 1 unspecified atom stereocenters. The van der Waals surface area contributed by atoms with Gasteiger partial charge in [-0.3, -0.25) is 0 Å². The zero-order valence-electron chi connectivity index (χ0n) is 12.2. The molecule has 0 aliphatic rings. The van der Waals surface area contributed by atoms with Crippen LogP contribution in [0.25, 0.3) is 0 Å². The summed E-state index contributed by atoms with van der Waals surface area (Å²) in [6, 6.07) is 13.1. The SMILES string of the molecule is CCCOc1ccc(C(O)c2ccc(OC)c(Br)c2)cc1. The van der Waals surface area contributed by atoms with Crippen LogP contribution in [0.3, 0.4) is 0 Å². The smallest absolute Gasteiger partial charge is 0.133 e. The summed E-state index contributed by atoms with van der Waals surface area (Å²) in [5.74, 6) is 1.57. The molecule has 0 heterocycles. The zero-order valence-corrected chi connectivity index (χ0v) is 13.8. The standard InChI is InChI=1S/C17H19BrO3/c1-3-10-21-14-7-4-12(5-8-14)17(19)13-6-9-16(20-2)15(18)11-13/h4-9,11,17,19H,3,10H2,1-2H3. The van der Waals surface area contributed by atoms with Gasteiger partial charge >= 0.3 is 0 Å². The van der Waals surface area contributed by atoms with Crippen molar-refractivity contribution in [3.05, 3.63) is 58.1 Å². The molecule has 112 valence electrons. The van der Waals surface area contributed by atoms with E-state index < -0.39 is 6.10 Å². The maximum Gasteiger partial charge on any atom is 0.133 e. The first-order chi connectivity index (χ1) is 10.2. The Labute approximate surface area is 133 Å². The minimum Gasteiger partial charge on any atom is -0.496 e. The topological polar surface area (TPSA) is 38.7 Å². The lowest BCUT2D eigenvalue weighted by Crippen LogP contribution is -2.01. The number of aliphatic hydroxyl groups excluding tert-OH is 1. The van der Waals surface area contributed by atoms with Gasteiger partial charge in [-0.05, 0) is 57.7 Å². The van der Waals surface area contributed by atoms with Gasteiger partial charge < -0.3 is 14.6 Å². The lowest BCUT2D eigenvalue weighted by Gasteiger charge is -2.14. The van der Waals surface area contributed by atoms with Crippen LogP contribution in [0.4, 0.5) is 0 Å². The van der Waals surface area contributed by atoms with Crippen LogP contribution in [0, 0.1) is 0 Å². The third-order valence-corrected chi connectivity index (χ3v) is 3.78. The summed E-state index contributed by atoms with van der Waals surface area (Å²) < 4.78 is 11.6. The molecule has 2 rings (SSSR count). The molecular weight excluding hydrogens is 332 g/mol. The average Bonchev–Trinajstić information content (AvgIpc) is 2.52. The van der Waals surface area contributed by atoms with Gasteiger partial charge in [-0.25, -0.2) is 0 Å². The Morgan fingerprint density at radius 3 is 2.33 bits per heavy atom. The minimum atomic E-state index is -0.674. The number of hydrogen-bond donors (Lipinski definition) is 1. The molecule has 0 saturated carbocycles. The molecule has 1 atom stereocenters. The van der Waals surface area contributed by atoms with Gasteiger partial charge in [0.05, 0.1) is 18.2 Å². The van der Waals surface area contributed by atoms with Crippen molar-refractivity contribution in [2.24, 2.45) is 0 Å². The van der Waals surface area contributed by atoms with Gasteiger partial charge in [0.1, 0.15) is 17.6 Å².